The van der Waals surface area contributed by atoms with Crippen LogP contribution in [0.4, 0.5) is 4.39 Å². The van der Waals surface area contributed by atoms with E-state index in [0.29, 0.717) is 20.6 Å². The number of benzene rings is 2. The van der Waals surface area contributed by atoms with Crippen molar-refractivity contribution in [3.8, 4) is 6.07 Å². The first kappa shape index (κ1) is 22.9. The van der Waals surface area contributed by atoms with E-state index in [-0.39, 0.29) is 29.3 Å². The average molecular weight is 543 g/mol. The molecule has 2 heterocycles. The number of halogens is 3. The Morgan fingerprint density at radius 3 is 2.62 bits per heavy atom. The van der Waals surface area contributed by atoms with Gasteiger partial charge in [0.05, 0.1) is 17.8 Å². The molecule has 2 atom stereocenters. The predicted octanol–water partition coefficient (Wildman–Crippen LogP) is 5.11. The van der Waals surface area contributed by atoms with Crippen LogP contribution in [0, 0.1) is 23.1 Å². The molecular weight excluding hydrogens is 525 g/mol. The Balaban J connectivity index is 1.74. The molecule has 5 rings (SSSR count). The van der Waals surface area contributed by atoms with Gasteiger partial charge in [0.2, 0.25) is 5.72 Å². The summed E-state index contributed by atoms with van der Waals surface area (Å²) < 4.78 is 21.7. The van der Waals surface area contributed by atoms with Crippen LogP contribution in [-0.2, 0) is 17.0 Å². The Kier molecular flexibility index (Phi) is 5.90. The second-order valence-electron chi connectivity index (χ2n) is 8.35. The Bertz CT molecular complexity index is 1310. The van der Waals surface area contributed by atoms with Crippen LogP contribution < -0.4 is 0 Å². The molecule has 6 nitrogen and oxygen atoms in total. The quantitative estimate of drug-likeness (QED) is 0.438. The predicted molar refractivity (Wildman–Crippen MR) is 125 cm³/mol. The Morgan fingerprint density at radius 2 is 2.00 bits per heavy atom. The standard InChI is InChI=1S/C25H18BrClFN3O3/c26-17-9-19-20(21(28)10-17)13-31(23(19)32)25(34-24(33)15-2-3-15,16-4-6-18(27)7-5-16)22-8-1-14(11-29)12-30-22/h1,4-10,12,15,24,33H,2-3,13H2. The van der Waals surface area contributed by atoms with Gasteiger partial charge in [0, 0.05) is 38.3 Å². The molecule has 0 bridgehead atoms. The van der Waals surface area contributed by atoms with Gasteiger partial charge < -0.3 is 9.84 Å². The van der Waals surface area contributed by atoms with Crippen molar-refractivity contribution in [2.75, 3.05) is 0 Å². The number of amides is 1. The molecule has 9 heteroatoms. The van der Waals surface area contributed by atoms with Gasteiger partial charge in [0.25, 0.3) is 5.91 Å². The molecule has 0 radical (unpaired) electrons. The summed E-state index contributed by atoms with van der Waals surface area (Å²) in [5, 5.41) is 20.6. The molecule has 1 fully saturated rings. The first-order valence-electron chi connectivity index (χ1n) is 10.6. The molecule has 1 aliphatic heterocycles. The molecular formula is C25H18BrClFN3O3. The van der Waals surface area contributed by atoms with Crippen molar-refractivity contribution in [3.05, 3.63) is 98.0 Å². The van der Waals surface area contributed by atoms with Gasteiger partial charge in [-0.25, -0.2) is 4.39 Å². The van der Waals surface area contributed by atoms with Crippen LogP contribution in [0.25, 0.3) is 0 Å². The SMILES string of the molecule is N#Cc1ccc(C(OC(O)C2CC2)(c2ccc(Cl)cc2)N2Cc3c(F)cc(Br)cc3C2=O)nc1. The van der Waals surface area contributed by atoms with E-state index in [9.17, 15) is 19.6 Å². The first-order chi connectivity index (χ1) is 16.3. The minimum absolute atomic E-state index is 0.0870. The minimum Gasteiger partial charge on any atom is -0.368 e. The minimum atomic E-state index is -1.70. The lowest BCUT2D eigenvalue weighted by molar-refractivity contribution is -0.230. The molecule has 2 unspecified atom stereocenters. The van der Waals surface area contributed by atoms with Gasteiger partial charge >= 0.3 is 0 Å². The molecule has 1 amide bonds. The third kappa shape index (κ3) is 3.89. The number of pyridine rings is 1. The maximum Gasteiger partial charge on any atom is 0.257 e. The molecule has 172 valence electrons. The topological polar surface area (TPSA) is 86.5 Å². The summed E-state index contributed by atoms with van der Waals surface area (Å²) in [6, 6.07) is 14.7. The Labute approximate surface area is 208 Å². The van der Waals surface area contributed by atoms with Crippen molar-refractivity contribution < 1.29 is 19.0 Å². The van der Waals surface area contributed by atoms with Crippen LogP contribution in [0.15, 0.2) is 59.2 Å². The highest BCUT2D eigenvalue weighted by molar-refractivity contribution is 9.10. The summed E-state index contributed by atoms with van der Waals surface area (Å²) in [5.74, 6) is -1.09. The van der Waals surface area contributed by atoms with Gasteiger partial charge in [-0.05, 0) is 49.2 Å². The van der Waals surface area contributed by atoms with Gasteiger partial charge in [-0.15, -0.1) is 0 Å². The lowest BCUT2D eigenvalue weighted by Crippen LogP contribution is -2.52. The number of carbonyl (C=O) groups excluding carboxylic acids is 1. The molecule has 1 aromatic heterocycles. The van der Waals surface area contributed by atoms with E-state index < -0.39 is 23.7 Å². The monoisotopic (exact) mass is 541 g/mol. The van der Waals surface area contributed by atoms with E-state index in [1.165, 1.54) is 17.2 Å². The molecule has 1 aliphatic carbocycles. The highest BCUT2D eigenvalue weighted by atomic mass is 79.9. The average Bonchev–Trinajstić information content (AvgIpc) is 3.63. The summed E-state index contributed by atoms with van der Waals surface area (Å²) in [7, 11) is 0. The summed E-state index contributed by atoms with van der Waals surface area (Å²) in [6.45, 7) is -0.102. The van der Waals surface area contributed by atoms with Crippen LogP contribution in [0.3, 0.4) is 0 Å². The molecule has 2 aromatic carbocycles. The second-order valence-corrected chi connectivity index (χ2v) is 9.70. The van der Waals surface area contributed by atoms with Crippen LogP contribution in [0.5, 0.6) is 0 Å². The first-order valence-corrected chi connectivity index (χ1v) is 11.8. The molecule has 34 heavy (non-hydrogen) atoms. The van der Waals surface area contributed by atoms with Crippen molar-refractivity contribution in [3.63, 3.8) is 0 Å². The number of aliphatic hydroxyl groups excluding tert-OH is 1. The lowest BCUT2D eigenvalue weighted by atomic mass is 9.95. The fourth-order valence-corrected chi connectivity index (χ4v) is 4.76. The van der Waals surface area contributed by atoms with E-state index in [1.807, 2.05) is 6.07 Å². The maximum atomic E-state index is 14.9. The highest BCUT2D eigenvalue weighted by Crippen LogP contribution is 2.46. The van der Waals surface area contributed by atoms with Crippen molar-refractivity contribution >= 4 is 33.4 Å². The van der Waals surface area contributed by atoms with E-state index >= 15 is 0 Å². The maximum absolute atomic E-state index is 14.9. The largest absolute Gasteiger partial charge is 0.368 e. The molecule has 0 saturated heterocycles. The number of ether oxygens (including phenoxy) is 1. The fourth-order valence-electron chi connectivity index (χ4n) is 4.21. The smallest absolute Gasteiger partial charge is 0.257 e. The van der Waals surface area contributed by atoms with Crippen LogP contribution in [0.2, 0.25) is 5.02 Å². The highest BCUT2D eigenvalue weighted by Gasteiger charge is 2.52. The third-order valence-electron chi connectivity index (χ3n) is 6.12. The molecule has 2 aliphatic rings. The zero-order valence-corrected chi connectivity index (χ0v) is 20.1. The Morgan fingerprint density at radius 1 is 1.26 bits per heavy atom. The number of nitriles is 1. The molecule has 1 N–H and O–H groups in total. The normalized spacial score (nSPS) is 17.7. The van der Waals surface area contributed by atoms with Crippen molar-refractivity contribution in [1.29, 1.82) is 5.26 Å². The number of aromatic nitrogens is 1. The van der Waals surface area contributed by atoms with Crippen molar-refractivity contribution in [2.24, 2.45) is 5.92 Å². The van der Waals surface area contributed by atoms with Crippen molar-refractivity contribution in [1.82, 2.24) is 9.88 Å². The number of nitrogens with zero attached hydrogens (tertiary/aromatic N) is 3. The fraction of sp³-hybridized carbons (Fsp3) is 0.240. The third-order valence-corrected chi connectivity index (χ3v) is 6.83. The molecule has 3 aromatic rings. The van der Waals surface area contributed by atoms with Crippen molar-refractivity contribution in [2.45, 2.75) is 31.4 Å². The number of carbonyl (C=O) groups is 1. The lowest BCUT2D eigenvalue weighted by Gasteiger charge is -2.42. The number of aliphatic hydroxyl groups is 1. The zero-order valence-electron chi connectivity index (χ0n) is 17.7. The van der Waals surface area contributed by atoms with E-state index in [1.54, 1.807) is 42.5 Å². The van der Waals surface area contributed by atoms with Crippen LogP contribution >= 0.6 is 27.5 Å². The number of fused-ring (bicyclic) bond motifs is 1. The summed E-state index contributed by atoms with van der Waals surface area (Å²) in [5.41, 5.74) is -0.200. The van der Waals surface area contributed by atoms with Gasteiger partial charge in [-0.1, -0.05) is 39.7 Å². The molecule has 1 saturated carbocycles. The zero-order chi connectivity index (χ0) is 24.0. The Hall–Kier alpha value is -2.83. The van der Waals surface area contributed by atoms with Crippen LogP contribution in [-0.4, -0.2) is 27.2 Å². The van der Waals surface area contributed by atoms with Gasteiger partial charge in [0.15, 0.2) is 6.29 Å². The van der Waals surface area contributed by atoms with Gasteiger partial charge in [-0.3, -0.25) is 14.7 Å². The number of hydrogen-bond donors (Lipinski definition) is 1. The van der Waals surface area contributed by atoms with Crippen LogP contribution in [0.1, 0.15) is 45.6 Å². The van der Waals surface area contributed by atoms with Gasteiger partial charge in [-0.2, -0.15) is 5.26 Å². The number of hydrogen-bond acceptors (Lipinski definition) is 5. The summed E-state index contributed by atoms with van der Waals surface area (Å²) >= 11 is 9.39. The molecule has 0 spiro atoms. The van der Waals surface area contributed by atoms with E-state index in [4.69, 9.17) is 16.3 Å². The number of rotatable bonds is 6. The van der Waals surface area contributed by atoms with E-state index in [0.717, 1.165) is 12.8 Å². The second kappa shape index (κ2) is 8.75. The van der Waals surface area contributed by atoms with Gasteiger partial charge in [0.1, 0.15) is 11.9 Å². The van der Waals surface area contributed by atoms with E-state index in [2.05, 4.69) is 20.9 Å². The summed E-state index contributed by atoms with van der Waals surface area (Å²) in [6.07, 6.45) is 1.75. The summed E-state index contributed by atoms with van der Waals surface area (Å²) in [4.78, 5) is 19.5.